The minimum atomic E-state index is -0.882. The standard InChI is InChI=1S/C18H25FN2O3/c1-18(2,3)21(11-13-6-4-7-14(19)10-13)16(22)12-20-9-5-8-15(20)17(23)24/h4,6-7,10,15H,5,8-9,11-12H2,1-3H3,(H,23,24)/t15-/m0/s1. The molecule has 0 aliphatic carbocycles. The van der Waals surface area contributed by atoms with Crippen molar-refractivity contribution in [3.05, 3.63) is 35.6 Å². The number of amides is 1. The fourth-order valence-corrected chi connectivity index (χ4v) is 3.07. The summed E-state index contributed by atoms with van der Waals surface area (Å²) in [5.41, 5.74) is 0.274. The zero-order valence-corrected chi connectivity index (χ0v) is 14.5. The second-order valence-corrected chi connectivity index (χ2v) is 7.25. The zero-order valence-electron chi connectivity index (χ0n) is 14.5. The van der Waals surface area contributed by atoms with Crippen molar-refractivity contribution in [3.63, 3.8) is 0 Å². The van der Waals surface area contributed by atoms with Gasteiger partial charge in [0.05, 0.1) is 6.54 Å². The van der Waals surface area contributed by atoms with Crippen molar-refractivity contribution in [3.8, 4) is 0 Å². The molecule has 1 aliphatic rings. The molecule has 1 atom stereocenters. The van der Waals surface area contributed by atoms with Crippen LogP contribution >= 0.6 is 0 Å². The molecule has 5 nitrogen and oxygen atoms in total. The van der Waals surface area contributed by atoms with Crippen molar-refractivity contribution in [1.82, 2.24) is 9.80 Å². The van der Waals surface area contributed by atoms with Crippen LogP contribution in [-0.4, -0.2) is 51.5 Å². The lowest BCUT2D eigenvalue weighted by Crippen LogP contribution is -2.50. The molecule has 2 rings (SSSR count). The van der Waals surface area contributed by atoms with Crippen LogP contribution in [0.4, 0.5) is 4.39 Å². The number of likely N-dealkylation sites (tertiary alicyclic amines) is 1. The van der Waals surface area contributed by atoms with E-state index in [0.29, 0.717) is 19.5 Å². The molecular weight excluding hydrogens is 311 g/mol. The Kier molecular flexibility index (Phi) is 5.59. The molecule has 1 aromatic carbocycles. The zero-order chi connectivity index (χ0) is 17.9. The molecule has 0 unspecified atom stereocenters. The van der Waals surface area contributed by atoms with Crippen molar-refractivity contribution >= 4 is 11.9 Å². The van der Waals surface area contributed by atoms with Crippen LogP contribution in [0, 0.1) is 5.82 Å². The summed E-state index contributed by atoms with van der Waals surface area (Å²) >= 11 is 0. The Balaban J connectivity index is 2.13. The Bertz CT molecular complexity index is 613. The van der Waals surface area contributed by atoms with Crippen LogP contribution in [0.25, 0.3) is 0 Å². The van der Waals surface area contributed by atoms with Crippen LogP contribution in [-0.2, 0) is 16.1 Å². The molecule has 0 aromatic heterocycles. The summed E-state index contributed by atoms with van der Waals surface area (Å²) in [5.74, 6) is -1.35. The van der Waals surface area contributed by atoms with Crippen LogP contribution in [0.2, 0.25) is 0 Å². The van der Waals surface area contributed by atoms with Crippen LogP contribution in [0.3, 0.4) is 0 Å². The summed E-state index contributed by atoms with van der Waals surface area (Å²) in [4.78, 5) is 27.5. The SMILES string of the molecule is CC(C)(C)N(Cc1cccc(F)c1)C(=O)CN1CCC[C@H]1C(=O)O. The number of carbonyl (C=O) groups is 2. The minimum absolute atomic E-state index is 0.0730. The number of carboxylic acids is 1. The molecular formula is C18H25FN2O3. The third-order valence-electron chi connectivity index (χ3n) is 4.33. The van der Waals surface area contributed by atoms with Gasteiger partial charge in [0.15, 0.2) is 0 Å². The molecule has 0 spiro atoms. The Morgan fingerprint density at radius 1 is 1.38 bits per heavy atom. The van der Waals surface area contributed by atoms with E-state index in [1.165, 1.54) is 12.1 Å². The number of aliphatic carboxylic acids is 1. The number of carboxylic acid groups (broad SMARTS) is 1. The number of carbonyl (C=O) groups excluding carboxylic acids is 1. The minimum Gasteiger partial charge on any atom is -0.480 e. The summed E-state index contributed by atoms with van der Waals surface area (Å²) in [6.45, 7) is 6.74. The normalized spacial score (nSPS) is 18.6. The number of hydrogen-bond acceptors (Lipinski definition) is 3. The van der Waals surface area contributed by atoms with Gasteiger partial charge >= 0.3 is 5.97 Å². The lowest BCUT2D eigenvalue weighted by molar-refractivity contribution is -0.144. The second kappa shape index (κ2) is 7.30. The van der Waals surface area contributed by atoms with Crippen LogP contribution in [0.5, 0.6) is 0 Å². The molecule has 6 heteroatoms. The van der Waals surface area contributed by atoms with E-state index in [0.717, 1.165) is 12.0 Å². The van der Waals surface area contributed by atoms with Crippen molar-refractivity contribution in [2.24, 2.45) is 0 Å². The van der Waals surface area contributed by atoms with Gasteiger partial charge in [0, 0.05) is 12.1 Å². The number of halogens is 1. The summed E-state index contributed by atoms with van der Waals surface area (Å²) < 4.78 is 13.4. The van der Waals surface area contributed by atoms with E-state index in [4.69, 9.17) is 0 Å². The van der Waals surface area contributed by atoms with E-state index in [9.17, 15) is 19.1 Å². The Morgan fingerprint density at radius 3 is 2.67 bits per heavy atom. The summed E-state index contributed by atoms with van der Waals surface area (Å²) in [6, 6.07) is 5.60. The van der Waals surface area contributed by atoms with Crippen molar-refractivity contribution in [1.29, 1.82) is 0 Å². The number of rotatable bonds is 5. The van der Waals surface area contributed by atoms with E-state index in [2.05, 4.69) is 0 Å². The van der Waals surface area contributed by atoms with Gasteiger partial charge in [0.1, 0.15) is 11.9 Å². The largest absolute Gasteiger partial charge is 0.480 e. The lowest BCUT2D eigenvalue weighted by atomic mass is 10.0. The van der Waals surface area contributed by atoms with E-state index in [1.807, 2.05) is 20.8 Å². The van der Waals surface area contributed by atoms with Crippen LogP contribution in [0.1, 0.15) is 39.2 Å². The number of hydrogen-bond donors (Lipinski definition) is 1. The summed E-state index contributed by atoms with van der Waals surface area (Å²) in [7, 11) is 0. The highest BCUT2D eigenvalue weighted by Gasteiger charge is 2.34. The van der Waals surface area contributed by atoms with Gasteiger partial charge in [-0.15, -0.1) is 0 Å². The molecule has 24 heavy (non-hydrogen) atoms. The van der Waals surface area contributed by atoms with E-state index >= 15 is 0 Å². The molecule has 0 saturated carbocycles. The molecule has 0 bridgehead atoms. The maximum Gasteiger partial charge on any atom is 0.320 e. The molecule has 1 N–H and O–H groups in total. The molecule has 1 amide bonds. The maximum absolute atomic E-state index is 13.4. The van der Waals surface area contributed by atoms with E-state index < -0.39 is 17.6 Å². The van der Waals surface area contributed by atoms with Gasteiger partial charge in [0.25, 0.3) is 0 Å². The Morgan fingerprint density at radius 2 is 2.08 bits per heavy atom. The first-order valence-electron chi connectivity index (χ1n) is 8.20. The fourth-order valence-electron chi connectivity index (χ4n) is 3.07. The first-order chi connectivity index (χ1) is 11.2. The maximum atomic E-state index is 13.4. The first kappa shape index (κ1) is 18.4. The predicted molar refractivity (Wildman–Crippen MR) is 88.9 cm³/mol. The van der Waals surface area contributed by atoms with Gasteiger partial charge in [-0.1, -0.05) is 12.1 Å². The molecule has 1 saturated heterocycles. The van der Waals surface area contributed by atoms with Gasteiger partial charge in [-0.3, -0.25) is 14.5 Å². The average Bonchev–Trinajstić information content (AvgIpc) is 2.91. The lowest BCUT2D eigenvalue weighted by Gasteiger charge is -2.37. The highest BCUT2D eigenvalue weighted by atomic mass is 19.1. The van der Waals surface area contributed by atoms with Gasteiger partial charge in [-0.2, -0.15) is 0 Å². The third-order valence-corrected chi connectivity index (χ3v) is 4.33. The smallest absolute Gasteiger partial charge is 0.320 e. The van der Waals surface area contributed by atoms with Crippen LogP contribution < -0.4 is 0 Å². The Hall–Kier alpha value is -1.95. The predicted octanol–water partition coefficient (Wildman–Crippen LogP) is 2.50. The van der Waals surface area contributed by atoms with Crippen LogP contribution in [0.15, 0.2) is 24.3 Å². The second-order valence-electron chi connectivity index (χ2n) is 7.25. The summed E-state index contributed by atoms with van der Waals surface area (Å²) in [6.07, 6.45) is 1.35. The fraction of sp³-hybridized carbons (Fsp3) is 0.556. The molecule has 0 radical (unpaired) electrons. The number of benzene rings is 1. The Labute approximate surface area is 142 Å². The van der Waals surface area contributed by atoms with Gasteiger partial charge in [-0.25, -0.2) is 4.39 Å². The average molecular weight is 336 g/mol. The quantitative estimate of drug-likeness (QED) is 0.897. The monoisotopic (exact) mass is 336 g/mol. The molecule has 1 fully saturated rings. The van der Waals surface area contributed by atoms with Crippen molar-refractivity contribution in [2.75, 3.05) is 13.1 Å². The number of nitrogens with zero attached hydrogens (tertiary/aromatic N) is 2. The molecule has 1 heterocycles. The van der Waals surface area contributed by atoms with Gasteiger partial charge in [-0.05, 0) is 57.9 Å². The highest BCUT2D eigenvalue weighted by Crippen LogP contribution is 2.21. The van der Waals surface area contributed by atoms with Crippen molar-refractivity contribution in [2.45, 2.75) is 51.7 Å². The molecule has 1 aliphatic heterocycles. The third kappa shape index (κ3) is 4.54. The molecule has 1 aromatic rings. The van der Waals surface area contributed by atoms with E-state index in [1.54, 1.807) is 21.9 Å². The highest BCUT2D eigenvalue weighted by molar-refractivity contribution is 5.81. The first-order valence-corrected chi connectivity index (χ1v) is 8.20. The summed E-state index contributed by atoms with van der Waals surface area (Å²) in [5, 5.41) is 9.25. The van der Waals surface area contributed by atoms with Gasteiger partial charge < -0.3 is 10.0 Å². The van der Waals surface area contributed by atoms with Crippen molar-refractivity contribution < 1.29 is 19.1 Å². The van der Waals surface area contributed by atoms with Gasteiger partial charge in [0.2, 0.25) is 5.91 Å². The van der Waals surface area contributed by atoms with E-state index in [-0.39, 0.29) is 18.3 Å². The molecule has 132 valence electrons. The topological polar surface area (TPSA) is 60.9 Å².